The Morgan fingerprint density at radius 2 is 1.50 bits per heavy atom. The normalized spacial score (nSPS) is 17.5. The molecule has 0 heterocycles. The van der Waals surface area contributed by atoms with Crippen molar-refractivity contribution in [3.05, 3.63) is 65.7 Å². The maximum absolute atomic E-state index is 12.8. The highest BCUT2D eigenvalue weighted by Gasteiger charge is 2.39. The lowest BCUT2D eigenvalue weighted by atomic mass is 9.89. The van der Waals surface area contributed by atoms with Gasteiger partial charge in [-0.05, 0) is 37.5 Å². The highest BCUT2D eigenvalue weighted by molar-refractivity contribution is 7.89. The van der Waals surface area contributed by atoms with Crippen LogP contribution < -0.4 is 4.72 Å². The van der Waals surface area contributed by atoms with Crippen LogP contribution >= 0.6 is 0 Å². The summed E-state index contributed by atoms with van der Waals surface area (Å²) in [5, 5.41) is 0. The number of sulfonamides is 1. The molecule has 2 aromatic carbocycles. The van der Waals surface area contributed by atoms with Crippen LogP contribution in [0.25, 0.3) is 0 Å². The molecular weight excluding hydrogens is 294 g/mol. The van der Waals surface area contributed by atoms with Crippen LogP contribution in [0.3, 0.4) is 0 Å². The third-order valence-corrected chi connectivity index (χ3v) is 6.00. The van der Waals surface area contributed by atoms with Crippen LogP contribution in [0.15, 0.2) is 59.5 Å². The van der Waals surface area contributed by atoms with Crippen molar-refractivity contribution in [2.24, 2.45) is 0 Å². The average Bonchev–Trinajstić information content (AvgIpc) is 2.98. The molecule has 1 aliphatic carbocycles. The summed E-state index contributed by atoms with van der Waals surface area (Å²) >= 11 is 0. The lowest BCUT2D eigenvalue weighted by Gasteiger charge is -2.30. The maximum atomic E-state index is 12.8. The minimum absolute atomic E-state index is 0.334. The fourth-order valence-electron chi connectivity index (χ4n) is 3.22. The van der Waals surface area contributed by atoms with Gasteiger partial charge in [0.05, 0.1) is 10.4 Å². The highest BCUT2D eigenvalue weighted by Crippen LogP contribution is 2.39. The summed E-state index contributed by atoms with van der Waals surface area (Å²) in [6.07, 6.45) is 3.79. The Morgan fingerprint density at radius 3 is 2.09 bits per heavy atom. The summed E-state index contributed by atoms with van der Waals surface area (Å²) in [5.74, 6) is 0. The summed E-state index contributed by atoms with van der Waals surface area (Å²) in [5.41, 5.74) is 1.64. The Morgan fingerprint density at radius 1 is 0.909 bits per heavy atom. The largest absolute Gasteiger partial charge is 0.241 e. The Hall–Kier alpha value is -1.65. The number of rotatable bonds is 4. The van der Waals surface area contributed by atoms with E-state index in [1.54, 1.807) is 12.1 Å². The standard InChI is InChI=1S/C18H21NO2S/c1-15-9-11-17(12-10-15)22(20,21)19-18(13-5-6-14-18)16-7-3-2-4-8-16/h2-4,7-12,19H,5-6,13-14H2,1H3. The van der Waals surface area contributed by atoms with Crippen molar-refractivity contribution in [3.8, 4) is 0 Å². The summed E-state index contributed by atoms with van der Waals surface area (Å²) in [6, 6.07) is 16.9. The van der Waals surface area contributed by atoms with Gasteiger partial charge in [0.25, 0.3) is 0 Å². The van der Waals surface area contributed by atoms with Crippen molar-refractivity contribution in [2.45, 2.75) is 43.0 Å². The first-order valence-electron chi connectivity index (χ1n) is 7.68. The smallest absolute Gasteiger partial charge is 0.207 e. The molecule has 0 aliphatic heterocycles. The predicted molar refractivity (Wildman–Crippen MR) is 88.1 cm³/mol. The van der Waals surface area contributed by atoms with Gasteiger partial charge >= 0.3 is 0 Å². The predicted octanol–water partition coefficient (Wildman–Crippen LogP) is 3.74. The number of benzene rings is 2. The number of aryl methyl sites for hydroxylation is 1. The van der Waals surface area contributed by atoms with Gasteiger partial charge < -0.3 is 0 Å². The molecule has 1 N–H and O–H groups in total. The first-order chi connectivity index (χ1) is 10.5. The summed E-state index contributed by atoms with van der Waals surface area (Å²) in [6.45, 7) is 1.95. The Bertz CT molecular complexity index is 730. The molecule has 3 rings (SSSR count). The molecule has 1 saturated carbocycles. The molecule has 0 amide bonds. The van der Waals surface area contributed by atoms with Crippen LogP contribution in [-0.2, 0) is 15.6 Å². The molecule has 1 aliphatic rings. The fraction of sp³-hybridized carbons (Fsp3) is 0.333. The van der Waals surface area contributed by atoms with E-state index >= 15 is 0 Å². The molecule has 22 heavy (non-hydrogen) atoms. The maximum Gasteiger partial charge on any atom is 0.241 e. The minimum atomic E-state index is -3.52. The zero-order chi connectivity index (χ0) is 15.6. The van der Waals surface area contributed by atoms with E-state index in [4.69, 9.17) is 0 Å². The minimum Gasteiger partial charge on any atom is -0.207 e. The molecule has 0 atom stereocenters. The lowest BCUT2D eigenvalue weighted by Crippen LogP contribution is -2.43. The van der Waals surface area contributed by atoms with Crippen molar-refractivity contribution in [1.82, 2.24) is 4.72 Å². The van der Waals surface area contributed by atoms with Crippen molar-refractivity contribution in [3.63, 3.8) is 0 Å². The van der Waals surface area contributed by atoms with E-state index in [1.807, 2.05) is 49.4 Å². The van der Waals surface area contributed by atoms with Gasteiger partial charge in [-0.25, -0.2) is 13.1 Å². The fourth-order valence-corrected chi connectivity index (χ4v) is 4.67. The van der Waals surface area contributed by atoms with E-state index in [1.165, 1.54) is 0 Å². The van der Waals surface area contributed by atoms with Crippen LogP contribution in [0.2, 0.25) is 0 Å². The highest BCUT2D eigenvalue weighted by atomic mass is 32.2. The van der Waals surface area contributed by atoms with Gasteiger partial charge in [-0.1, -0.05) is 60.9 Å². The van der Waals surface area contributed by atoms with Gasteiger partial charge in [-0.2, -0.15) is 0 Å². The first-order valence-corrected chi connectivity index (χ1v) is 9.16. The Balaban J connectivity index is 1.96. The first kappa shape index (κ1) is 15.3. The second kappa shape index (κ2) is 5.86. The van der Waals surface area contributed by atoms with Crippen LogP contribution in [0.4, 0.5) is 0 Å². The monoisotopic (exact) mass is 315 g/mol. The van der Waals surface area contributed by atoms with Gasteiger partial charge in [0.1, 0.15) is 0 Å². The molecule has 0 unspecified atom stereocenters. The quantitative estimate of drug-likeness (QED) is 0.934. The molecule has 0 radical (unpaired) electrons. The average molecular weight is 315 g/mol. The summed E-state index contributed by atoms with van der Waals surface area (Å²) in [7, 11) is -3.52. The number of hydrogen-bond acceptors (Lipinski definition) is 2. The van der Waals surface area contributed by atoms with E-state index in [0.717, 1.165) is 36.8 Å². The molecule has 4 heteroatoms. The van der Waals surface area contributed by atoms with Gasteiger partial charge in [-0.15, -0.1) is 0 Å². The van der Waals surface area contributed by atoms with Gasteiger partial charge in [0.15, 0.2) is 0 Å². The van der Waals surface area contributed by atoms with Crippen molar-refractivity contribution in [2.75, 3.05) is 0 Å². The second-order valence-electron chi connectivity index (χ2n) is 6.07. The van der Waals surface area contributed by atoms with Gasteiger partial charge in [0.2, 0.25) is 10.0 Å². The van der Waals surface area contributed by atoms with Crippen LogP contribution in [0.5, 0.6) is 0 Å². The van der Waals surface area contributed by atoms with E-state index < -0.39 is 15.6 Å². The van der Waals surface area contributed by atoms with Gasteiger partial charge in [-0.3, -0.25) is 0 Å². The summed E-state index contributed by atoms with van der Waals surface area (Å²) < 4.78 is 28.5. The molecule has 0 saturated heterocycles. The topological polar surface area (TPSA) is 46.2 Å². The van der Waals surface area contributed by atoms with Crippen LogP contribution in [0.1, 0.15) is 36.8 Å². The third-order valence-electron chi connectivity index (χ3n) is 4.44. The molecule has 116 valence electrons. The van der Waals surface area contributed by atoms with Crippen LogP contribution in [-0.4, -0.2) is 8.42 Å². The molecular formula is C18H21NO2S. The zero-order valence-electron chi connectivity index (χ0n) is 12.7. The van der Waals surface area contributed by atoms with E-state index in [9.17, 15) is 8.42 Å². The van der Waals surface area contributed by atoms with Gasteiger partial charge in [0, 0.05) is 0 Å². The molecule has 0 bridgehead atoms. The van der Waals surface area contributed by atoms with E-state index in [2.05, 4.69) is 4.72 Å². The third kappa shape index (κ3) is 2.94. The zero-order valence-corrected chi connectivity index (χ0v) is 13.6. The van der Waals surface area contributed by atoms with Crippen molar-refractivity contribution >= 4 is 10.0 Å². The Kier molecular flexibility index (Phi) is 4.06. The van der Waals surface area contributed by atoms with Crippen molar-refractivity contribution < 1.29 is 8.42 Å². The molecule has 1 fully saturated rings. The second-order valence-corrected chi connectivity index (χ2v) is 7.76. The number of nitrogens with one attached hydrogen (secondary N) is 1. The molecule has 3 nitrogen and oxygen atoms in total. The number of hydrogen-bond donors (Lipinski definition) is 1. The van der Waals surface area contributed by atoms with Crippen LogP contribution in [0, 0.1) is 6.92 Å². The molecule has 2 aromatic rings. The van der Waals surface area contributed by atoms with Crippen molar-refractivity contribution in [1.29, 1.82) is 0 Å². The lowest BCUT2D eigenvalue weighted by molar-refractivity contribution is 0.404. The molecule has 0 aromatic heterocycles. The SMILES string of the molecule is Cc1ccc(S(=O)(=O)NC2(c3ccccc3)CCCC2)cc1. The summed E-state index contributed by atoms with van der Waals surface area (Å²) in [4.78, 5) is 0.334. The molecule has 0 spiro atoms. The van der Waals surface area contributed by atoms with E-state index in [-0.39, 0.29) is 0 Å². The van der Waals surface area contributed by atoms with E-state index in [0.29, 0.717) is 4.90 Å². The Labute approximate surface area is 132 Å².